The highest BCUT2D eigenvalue weighted by Gasteiger charge is 2.24. The van der Waals surface area contributed by atoms with Crippen molar-refractivity contribution in [1.82, 2.24) is 9.55 Å². The molecule has 0 saturated heterocycles. The quantitative estimate of drug-likeness (QED) is 0.360. The summed E-state index contributed by atoms with van der Waals surface area (Å²) in [7, 11) is 0. The van der Waals surface area contributed by atoms with Gasteiger partial charge in [0.2, 0.25) is 0 Å². The molecule has 0 atom stereocenters. The summed E-state index contributed by atoms with van der Waals surface area (Å²) in [5.41, 5.74) is 5.07. The molecule has 6 nitrogen and oxygen atoms in total. The number of carboxylic acid groups (broad SMARTS) is 1. The maximum atomic E-state index is 12.7. The first kappa shape index (κ1) is 21.9. The van der Waals surface area contributed by atoms with Crippen LogP contribution in [0.3, 0.4) is 0 Å². The van der Waals surface area contributed by atoms with E-state index in [1.54, 1.807) is 35.3 Å². The van der Waals surface area contributed by atoms with E-state index in [4.69, 9.17) is 5.11 Å². The molecule has 1 aliphatic carbocycles. The van der Waals surface area contributed by atoms with E-state index in [1.807, 2.05) is 18.2 Å². The molecule has 172 valence electrons. The zero-order valence-corrected chi connectivity index (χ0v) is 18.9. The van der Waals surface area contributed by atoms with Crippen molar-refractivity contribution in [1.29, 1.82) is 0 Å². The third-order valence-electron chi connectivity index (χ3n) is 6.85. The molecule has 2 heterocycles. The van der Waals surface area contributed by atoms with E-state index in [1.165, 1.54) is 5.56 Å². The number of rotatable bonds is 5. The van der Waals surface area contributed by atoms with E-state index >= 15 is 0 Å². The zero-order valence-electron chi connectivity index (χ0n) is 18.9. The van der Waals surface area contributed by atoms with Crippen molar-refractivity contribution >= 4 is 28.6 Å². The minimum absolute atomic E-state index is 0.224. The van der Waals surface area contributed by atoms with Crippen LogP contribution in [0.1, 0.15) is 43.6 Å². The average molecular weight is 454 g/mol. The molecule has 0 spiro atoms. The first-order valence-corrected chi connectivity index (χ1v) is 11.7. The maximum absolute atomic E-state index is 12.7. The summed E-state index contributed by atoms with van der Waals surface area (Å²) in [4.78, 5) is 27.7. The van der Waals surface area contributed by atoms with Gasteiger partial charge in [0, 0.05) is 24.2 Å². The van der Waals surface area contributed by atoms with Gasteiger partial charge in [-0.1, -0.05) is 30.3 Å². The Bertz CT molecular complexity index is 1300. The van der Waals surface area contributed by atoms with Crippen molar-refractivity contribution in [2.75, 3.05) is 5.32 Å². The fourth-order valence-corrected chi connectivity index (χ4v) is 5.01. The van der Waals surface area contributed by atoms with Crippen LogP contribution in [0.15, 0.2) is 79.3 Å². The molecule has 1 aliphatic rings. The van der Waals surface area contributed by atoms with Crippen molar-refractivity contribution in [3.63, 3.8) is 0 Å². The summed E-state index contributed by atoms with van der Waals surface area (Å²) >= 11 is 0. The van der Waals surface area contributed by atoms with E-state index in [0.717, 1.165) is 47.7 Å². The zero-order chi connectivity index (χ0) is 23.5. The minimum atomic E-state index is -0.686. The third-order valence-corrected chi connectivity index (χ3v) is 6.85. The van der Waals surface area contributed by atoms with E-state index in [0.29, 0.717) is 23.9 Å². The number of aromatic nitrogens is 2. The summed E-state index contributed by atoms with van der Waals surface area (Å²) in [5, 5.41) is 12.9. The van der Waals surface area contributed by atoms with Crippen LogP contribution in [-0.4, -0.2) is 26.7 Å². The van der Waals surface area contributed by atoms with Gasteiger partial charge in [0.1, 0.15) is 0 Å². The van der Waals surface area contributed by atoms with Crippen LogP contribution in [0.2, 0.25) is 0 Å². The number of carboxylic acids is 1. The van der Waals surface area contributed by atoms with Crippen LogP contribution in [0.25, 0.3) is 22.0 Å². The number of pyridine rings is 1. The lowest BCUT2D eigenvalue weighted by Crippen LogP contribution is -2.18. The number of carbonyl (C=O) groups excluding carboxylic acids is 1. The van der Waals surface area contributed by atoms with Crippen LogP contribution < -0.4 is 5.32 Å². The number of amides is 1. The molecule has 6 heteroatoms. The van der Waals surface area contributed by atoms with Crippen LogP contribution in [0.4, 0.5) is 10.5 Å². The van der Waals surface area contributed by atoms with Gasteiger partial charge in [-0.05, 0) is 84.5 Å². The van der Waals surface area contributed by atoms with E-state index in [9.17, 15) is 9.59 Å². The molecule has 1 amide bonds. The lowest BCUT2D eigenvalue weighted by Gasteiger charge is -2.28. The Kier molecular flexibility index (Phi) is 6.12. The largest absolute Gasteiger partial charge is 0.481 e. The Morgan fingerprint density at radius 2 is 1.74 bits per heavy atom. The lowest BCUT2D eigenvalue weighted by atomic mass is 9.77. The van der Waals surface area contributed by atoms with Gasteiger partial charge in [0.15, 0.2) is 0 Å². The van der Waals surface area contributed by atoms with Gasteiger partial charge in [-0.3, -0.25) is 14.3 Å². The number of aliphatic carboxylic acids is 1. The highest BCUT2D eigenvalue weighted by molar-refractivity contribution is 5.99. The van der Waals surface area contributed by atoms with E-state index in [2.05, 4.69) is 40.6 Å². The molecule has 5 rings (SSSR count). The Labute approximate surface area is 198 Å². The lowest BCUT2D eigenvalue weighted by molar-refractivity contribution is -0.138. The maximum Gasteiger partial charge on any atom is 0.330 e. The molecule has 0 aliphatic heterocycles. The van der Waals surface area contributed by atoms with Gasteiger partial charge in [-0.15, -0.1) is 0 Å². The molecule has 1 saturated carbocycles. The summed E-state index contributed by atoms with van der Waals surface area (Å²) in [6.07, 6.45) is 9.44. The van der Waals surface area contributed by atoms with Gasteiger partial charge in [0.05, 0.1) is 17.4 Å². The van der Waals surface area contributed by atoms with E-state index in [-0.39, 0.29) is 6.03 Å². The predicted octanol–water partition coefficient (Wildman–Crippen LogP) is 6.53. The van der Waals surface area contributed by atoms with Gasteiger partial charge in [-0.25, -0.2) is 4.79 Å². The highest BCUT2D eigenvalue weighted by Crippen LogP contribution is 2.37. The smallest absolute Gasteiger partial charge is 0.330 e. The molecular formula is C28H27N3O3. The Balaban J connectivity index is 1.28. The monoisotopic (exact) mass is 453 g/mol. The first-order chi connectivity index (χ1) is 16.6. The number of hydrogen-bond acceptors (Lipinski definition) is 3. The molecular weight excluding hydrogens is 426 g/mol. The highest BCUT2D eigenvalue weighted by atomic mass is 16.4. The number of nitrogens with zero attached hydrogens (tertiary/aromatic N) is 2. The molecule has 0 bridgehead atoms. The van der Waals surface area contributed by atoms with Crippen molar-refractivity contribution in [3.05, 3.63) is 84.8 Å². The van der Waals surface area contributed by atoms with Crippen molar-refractivity contribution in [2.24, 2.45) is 5.92 Å². The fraction of sp³-hybridized carbons (Fsp3) is 0.250. The Hall–Kier alpha value is -3.93. The number of hydrogen-bond donors (Lipinski definition) is 2. The number of nitrogens with one attached hydrogen (secondary N) is 1. The summed E-state index contributed by atoms with van der Waals surface area (Å²) < 4.78 is 1.61. The van der Waals surface area contributed by atoms with Crippen LogP contribution in [0.5, 0.6) is 0 Å². The second kappa shape index (κ2) is 9.51. The molecule has 0 radical (unpaired) electrons. The van der Waals surface area contributed by atoms with Gasteiger partial charge in [-0.2, -0.15) is 0 Å². The van der Waals surface area contributed by atoms with Gasteiger partial charge < -0.3 is 10.4 Å². The van der Waals surface area contributed by atoms with E-state index < -0.39 is 5.97 Å². The predicted molar refractivity (Wildman–Crippen MR) is 133 cm³/mol. The second-order valence-corrected chi connectivity index (χ2v) is 9.07. The van der Waals surface area contributed by atoms with Crippen molar-refractivity contribution in [3.8, 4) is 11.1 Å². The molecule has 2 aromatic carbocycles. The van der Waals surface area contributed by atoms with Crippen molar-refractivity contribution in [2.45, 2.75) is 38.0 Å². The van der Waals surface area contributed by atoms with Crippen LogP contribution >= 0.6 is 0 Å². The SMILES string of the molecule is O=C(O)CC1CCC(c2ccc(-c3ccc4c(ccn4C(=O)Nc4cccnc4)c3)cc2)CC1. The third kappa shape index (κ3) is 4.71. The number of fused-ring (bicyclic) bond motifs is 1. The Morgan fingerprint density at radius 1 is 0.971 bits per heavy atom. The van der Waals surface area contributed by atoms with Crippen LogP contribution in [0, 0.1) is 5.92 Å². The molecule has 0 unspecified atom stereocenters. The summed E-state index contributed by atoms with van der Waals surface area (Å²) in [6, 6.07) is 20.2. The first-order valence-electron chi connectivity index (χ1n) is 11.7. The number of anilines is 1. The topological polar surface area (TPSA) is 84.2 Å². The van der Waals surface area contributed by atoms with Crippen LogP contribution in [-0.2, 0) is 4.79 Å². The molecule has 1 fully saturated rings. The molecule has 34 heavy (non-hydrogen) atoms. The van der Waals surface area contributed by atoms with Gasteiger partial charge in [0.25, 0.3) is 0 Å². The second-order valence-electron chi connectivity index (χ2n) is 9.07. The number of benzene rings is 2. The fourth-order valence-electron chi connectivity index (χ4n) is 5.01. The molecule has 2 aromatic heterocycles. The number of carbonyl (C=O) groups is 2. The molecule has 4 aromatic rings. The van der Waals surface area contributed by atoms with Crippen molar-refractivity contribution < 1.29 is 14.7 Å². The normalized spacial score (nSPS) is 18.0. The summed E-state index contributed by atoms with van der Waals surface area (Å²) in [5.74, 6) is 0.140. The van der Waals surface area contributed by atoms with Gasteiger partial charge >= 0.3 is 12.0 Å². The minimum Gasteiger partial charge on any atom is -0.481 e. The standard InChI is InChI=1S/C28H27N3O3/c32-27(33)16-19-3-5-20(6-4-19)21-7-9-22(10-8-21)23-11-12-26-24(17-23)13-15-31(26)28(34)30-25-2-1-14-29-18-25/h1-2,7-15,17-20H,3-6,16H2,(H,30,34)(H,32,33). The molecule has 2 N–H and O–H groups in total. The average Bonchev–Trinajstić information content (AvgIpc) is 3.28. The Morgan fingerprint density at radius 3 is 2.44 bits per heavy atom. The summed E-state index contributed by atoms with van der Waals surface area (Å²) in [6.45, 7) is 0.